The zero-order chi connectivity index (χ0) is 13.9. The second-order valence-corrected chi connectivity index (χ2v) is 5.70. The van der Waals surface area contributed by atoms with Gasteiger partial charge in [0.15, 0.2) is 0 Å². The fourth-order valence-electron chi connectivity index (χ4n) is 3.04. The lowest BCUT2D eigenvalue weighted by Gasteiger charge is -2.10. The van der Waals surface area contributed by atoms with E-state index in [-0.39, 0.29) is 0 Å². The summed E-state index contributed by atoms with van der Waals surface area (Å²) in [6, 6.07) is 9.39. The summed E-state index contributed by atoms with van der Waals surface area (Å²) in [6.45, 7) is 3.33. The van der Waals surface area contributed by atoms with E-state index in [0.717, 1.165) is 13.0 Å². The van der Waals surface area contributed by atoms with E-state index in [4.69, 9.17) is 0 Å². The first-order chi connectivity index (χ1) is 9.78. The molecule has 0 radical (unpaired) electrons. The molecule has 0 bridgehead atoms. The van der Waals surface area contributed by atoms with Crippen LogP contribution in [0.4, 0.5) is 0 Å². The number of nitrogens with zero attached hydrogens (tertiary/aromatic N) is 2. The van der Waals surface area contributed by atoms with E-state index in [9.17, 15) is 0 Å². The van der Waals surface area contributed by atoms with Crippen LogP contribution in [0, 0.1) is 0 Å². The first kappa shape index (κ1) is 13.4. The molecule has 2 aromatic rings. The van der Waals surface area contributed by atoms with Gasteiger partial charge in [-0.05, 0) is 36.9 Å². The van der Waals surface area contributed by atoms with E-state index in [1.54, 1.807) is 0 Å². The molecular formula is C17H23N3. The minimum atomic E-state index is 0.418. The van der Waals surface area contributed by atoms with E-state index in [2.05, 4.69) is 47.8 Å². The van der Waals surface area contributed by atoms with Crippen LogP contribution in [0.2, 0.25) is 0 Å². The quantitative estimate of drug-likeness (QED) is 0.921. The molecule has 1 aliphatic heterocycles. The van der Waals surface area contributed by atoms with Crippen molar-refractivity contribution in [1.82, 2.24) is 15.1 Å². The van der Waals surface area contributed by atoms with Gasteiger partial charge in [-0.1, -0.05) is 37.6 Å². The molecule has 106 valence electrons. The minimum Gasteiger partial charge on any atom is -0.309 e. The van der Waals surface area contributed by atoms with Crippen molar-refractivity contribution < 1.29 is 0 Å². The number of aromatic nitrogens is 2. The molecule has 0 amide bonds. The Morgan fingerprint density at radius 2 is 2.10 bits per heavy atom. The van der Waals surface area contributed by atoms with Gasteiger partial charge in [0.05, 0.1) is 11.7 Å². The third kappa shape index (κ3) is 2.63. The summed E-state index contributed by atoms with van der Waals surface area (Å²) in [4.78, 5) is 0. The highest BCUT2D eigenvalue weighted by Crippen LogP contribution is 2.31. The lowest BCUT2D eigenvalue weighted by molar-refractivity contribution is 0.607. The van der Waals surface area contributed by atoms with Crippen LogP contribution in [0.3, 0.4) is 0 Å². The first-order valence-electron chi connectivity index (χ1n) is 7.64. The van der Waals surface area contributed by atoms with Crippen LogP contribution < -0.4 is 5.32 Å². The second kappa shape index (κ2) is 5.80. The summed E-state index contributed by atoms with van der Waals surface area (Å²) in [6.07, 6.45) is 6.94. The largest absolute Gasteiger partial charge is 0.309 e. The Morgan fingerprint density at radius 3 is 2.75 bits per heavy atom. The lowest BCUT2D eigenvalue weighted by Crippen LogP contribution is -2.14. The van der Waals surface area contributed by atoms with Gasteiger partial charge < -0.3 is 5.32 Å². The van der Waals surface area contributed by atoms with Gasteiger partial charge in [0.2, 0.25) is 0 Å². The van der Waals surface area contributed by atoms with Crippen molar-refractivity contribution in [2.75, 3.05) is 6.54 Å². The number of aryl methyl sites for hydroxylation is 2. The minimum absolute atomic E-state index is 0.418. The number of hydrogen-bond acceptors (Lipinski definition) is 2. The van der Waals surface area contributed by atoms with Crippen LogP contribution in [0.1, 0.15) is 43.5 Å². The molecule has 3 nitrogen and oxygen atoms in total. The summed E-state index contributed by atoms with van der Waals surface area (Å²) in [5, 5.41) is 8.23. The molecule has 1 aliphatic rings. The van der Waals surface area contributed by atoms with Crippen LogP contribution in [-0.4, -0.2) is 16.3 Å². The predicted molar refractivity (Wildman–Crippen MR) is 82.6 cm³/mol. The Morgan fingerprint density at radius 1 is 1.30 bits per heavy atom. The molecular weight excluding hydrogens is 246 g/mol. The highest BCUT2D eigenvalue weighted by Gasteiger charge is 2.22. The summed E-state index contributed by atoms with van der Waals surface area (Å²) >= 11 is 0. The number of hydrogen-bond donors (Lipinski definition) is 1. The molecule has 0 aliphatic carbocycles. The summed E-state index contributed by atoms with van der Waals surface area (Å²) < 4.78 is 1.94. The van der Waals surface area contributed by atoms with Crippen LogP contribution in [0.5, 0.6) is 0 Å². The van der Waals surface area contributed by atoms with Crippen LogP contribution in [-0.2, 0) is 13.5 Å². The Bertz CT molecular complexity index is 562. The Hall–Kier alpha value is -1.61. The summed E-state index contributed by atoms with van der Waals surface area (Å²) in [5.41, 5.74) is 5.17. The van der Waals surface area contributed by atoms with E-state index < -0.39 is 0 Å². The SMILES string of the molecule is CCCc1ccc(-c2cn(C)nc2C2CCCN2)cc1. The molecule has 0 spiro atoms. The Kier molecular flexibility index (Phi) is 3.88. The Balaban J connectivity index is 1.92. The maximum Gasteiger partial charge on any atom is 0.0872 e. The van der Waals surface area contributed by atoms with Crippen LogP contribution in [0.25, 0.3) is 11.1 Å². The topological polar surface area (TPSA) is 29.9 Å². The Labute approximate surface area is 121 Å². The van der Waals surface area contributed by atoms with Crippen LogP contribution in [0.15, 0.2) is 30.5 Å². The monoisotopic (exact) mass is 269 g/mol. The molecule has 1 aromatic carbocycles. The van der Waals surface area contributed by atoms with E-state index >= 15 is 0 Å². The van der Waals surface area contributed by atoms with Crippen LogP contribution >= 0.6 is 0 Å². The van der Waals surface area contributed by atoms with Crippen molar-refractivity contribution in [3.63, 3.8) is 0 Å². The molecule has 1 aromatic heterocycles. The third-order valence-electron chi connectivity index (χ3n) is 4.05. The molecule has 3 rings (SSSR count). The summed E-state index contributed by atoms with van der Waals surface area (Å²) in [5.74, 6) is 0. The van der Waals surface area contributed by atoms with Gasteiger partial charge in [0.1, 0.15) is 0 Å². The zero-order valence-electron chi connectivity index (χ0n) is 12.4. The first-order valence-corrected chi connectivity index (χ1v) is 7.64. The van der Waals surface area contributed by atoms with Gasteiger partial charge in [-0.3, -0.25) is 4.68 Å². The van der Waals surface area contributed by atoms with Gasteiger partial charge >= 0.3 is 0 Å². The van der Waals surface area contributed by atoms with Crippen molar-refractivity contribution in [2.24, 2.45) is 7.05 Å². The zero-order valence-corrected chi connectivity index (χ0v) is 12.4. The fourth-order valence-corrected chi connectivity index (χ4v) is 3.04. The van der Waals surface area contributed by atoms with Crippen molar-refractivity contribution in [1.29, 1.82) is 0 Å². The molecule has 20 heavy (non-hydrogen) atoms. The van der Waals surface area contributed by atoms with Crippen molar-refractivity contribution >= 4 is 0 Å². The summed E-state index contributed by atoms with van der Waals surface area (Å²) in [7, 11) is 2.01. The highest BCUT2D eigenvalue weighted by molar-refractivity contribution is 5.66. The van der Waals surface area contributed by atoms with Gasteiger partial charge in [-0.25, -0.2) is 0 Å². The maximum atomic E-state index is 4.68. The molecule has 3 heteroatoms. The van der Waals surface area contributed by atoms with Gasteiger partial charge in [-0.2, -0.15) is 5.10 Å². The smallest absolute Gasteiger partial charge is 0.0872 e. The number of rotatable bonds is 4. The standard InChI is InChI=1S/C17H23N3/c1-3-5-13-7-9-14(10-8-13)15-12-20(2)19-17(15)16-6-4-11-18-16/h7-10,12,16,18H,3-6,11H2,1-2H3. The molecule has 1 fully saturated rings. The normalized spacial score (nSPS) is 18.6. The third-order valence-corrected chi connectivity index (χ3v) is 4.05. The average Bonchev–Trinajstić information content (AvgIpc) is 3.09. The lowest BCUT2D eigenvalue weighted by atomic mass is 9.99. The number of benzene rings is 1. The molecule has 1 unspecified atom stereocenters. The maximum absolute atomic E-state index is 4.68. The highest BCUT2D eigenvalue weighted by atomic mass is 15.3. The average molecular weight is 269 g/mol. The number of nitrogens with one attached hydrogen (secondary N) is 1. The van der Waals surface area contributed by atoms with Gasteiger partial charge in [0.25, 0.3) is 0 Å². The molecule has 0 saturated carbocycles. The predicted octanol–water partition coefficient (Wildman–Crippen LogP) is 3.46. The van der Waals surface area contributed by atoms with Gasteiger partial charge in [-0.15, -0.1) is 0 Å². The van der Waals surface area contributed by atoms with Crippen molar-refractivity contribution in [2.45, 2.75) is 38.6 Å². The van der Waals surface area contributed by atoms with E-state index in [1.807, 2.05) is 11.7 Å². The van der Waals surface area contributed by atoms with Crippen molar-refractivity contribution in [3.05, 3.63) is 41.7 Å². The molecule has 1 saturated heterocycles. The second-order valence-electron chi connectivity index (χ2n) is 5.70. The molecule has 1 atom stereocenters. The fraction of sp³-hybridized carbons (Fsp3) is 0.471. The van der Waals surface area contributed by atoms with E-state index in [1.165, 1.54) is 41.6 Å². The molecule has 2 heterocycles. The molecule has 1 N–H and O–H groups in total. The van der Waals surface area contributed by atoms with Gasteiger partial charge in [0, 0.05) is 18.8 Å². The van der Waals surface area contributed by atoms with E-state index in [0.29, 0.717) is 6.04 Å². The van der Waals surface area contributed by atoms with Crippen molar-refractivity contribution in [3.8, 4) is 11.1 Å².